The molecule has 0 unspecified atom stereocenters. The van der Waals surface area contributed by atoms with Gasteiger partial charge in [-0.15, -0.1) is 0 Å². The van der Waals surface area contributed by atoms with Crippen LogP contribution in [-0.4, -0.2) is 34.4 Å². The number of hydrogen-bond acceptors (Lipinski definition) is 5. The normalized spacial score (nSPS) is 10.3. The number of hydrogen-bond donors (Lipinski definition) is 3. The summed E-state index contributed by atoms with van der Waals surface area (Å²) in [6.45, 7) is 2.43. The highest BCUT2D eigenvalue weighted by Gasteiger charge is 2.13. The number of nitrogens with one attached hydrogen (secondary N) is 3. The number of ether oxygens (including phenoxy) is 1. The van der Waals surface area contributed by atoms with E-state index in [0.717, 1.165) is 5.56 Å². The maximum absolute atomic E-state index is 12.2. The maximum Gasteiger partial charge on any atom is 0.287 e. The molecule has 30 heavy (non-hydrogen) atoms. The summed E-state index contributed by atoms with van der Waals surface area (Å²) in [4.78, 5) is 36.3. The van der Waals surface area contributed by atoms with Crippen LogP contribution in [-0.2, 0) is 4.79 Å². The number of aromatic amines is 1. The summed E-state index contributed by atoms with van der Waals surface area (Å²) < 4.78 is 5.33. The molecule has 154 valence electrons. The lowest BCUT2D eigenvalue weighted by molar-refractivity contribution is -0.121. The summed E-state index contributed by atoms with van der Waals surface area (Å²) in [6.07, 6.45) is -0.0253. The third-order valence-corrected chi connectivity index (χ3v) is 4.27. The molecule has 3 N–H and O–H groups in total. The van der Waals surface area contributed by atoms with E-state index in [1.165, 1.54) is 0 Å². The van der Waals surface area contributed by atoms with Gasteiger partial charge in [0.2, 0.25) is 5.91 Å². The number of hydrazine groups is 1. The Hall–Kier alpha value is -3.94. The van der Waals surface area contributed by atoms with Gasteiger partial charge in [0, 0.05) is 24.0 Å². The fourth-order valence-corrected chi connectivity index (χ4v) is 2.73. The van der Waals surface area contributed by atoms with Crippen molar-refractivity contribution in [3.8, 4) is 17.0 Å². The van der Waals surface area contributed by atoms with E-state index >= 15 is 0 Å². The Labute approximate surface area is 173 Å². The van der Waals surface area contributed by atoms with Gasteiger partial charge in [0.1, 0.15) is 11.4 Å². The lowest BCUT2D eigenvalue weighted by Gasteiger charge is -2.06. The molecular weight excluding hydrogens is 384 g/mol. The molecule has 1 heterocycles. The molecule has 3 rings (SSSR count). The van der Waals surface area contributed by atoms with E-state index in [1.807, 2.05) is 37.3 Å². The Bertz CT molecular complexity index is 1010. The number of H-pyrrole nitrogens is 1. The van der Waals surface area contributed by atoms with Gasteiger partial charge in [0.15, 0.2) is 5.78 Å². The van der Waals surface area contributed by atoms with E-state index in [4.69, 9.17) is 4.74 Å². The van der Waals surface area contributed by atoms with Crippen LogP contribution in [0.15, 0.2) is 60.7 Å². The largest absolute Gasteiger partial charge is 0.494 e. The van der Waals surface area contributed by atoms with Gasteiger partial charge < -0.3 is 4.74 Å². The highest BCUT2D eigenvalue weighted by Crippen LogP contribution is 2.17. The average molecular weight is 406 g/mol. The van der Waals surface area contributed by atoms with Gasteiger partial charge >= 0.3 is 0 Å². The quantitative estimate of drug-likeness (QED) is 0.393. The van der Waals surface area contributed by atoms with Crippen LogP contribution in [0.4, 0.5) is 0 Å². The lowest BCUT2D eigenvalue weighted by Crippen LogP contribution is -2.41. The predicted octanol–water partition coefficient (Wildman–Crippen LogP) is 2.90. The number of aromatic nitrogens is 2. The molecule has 1 aromatic heterocycles. The van der Waals surface area contributed by atoms with Gasteiger partial charge in [-0.25, -0.2) is 0 Å². The second-order valence-corrected chi connectivity index (χ2v) is 6.42. The molecule has 0 atom stereocenters. The summed E-state index contributed by atoms with van der Waals surface area (Å²) in [5.41, 5.74) is 6.81. The van der Waals surface area contributed by atoms with Gasteiger partial charge in [-0.3, -0.25) is 30.3 Å². The molecule has 0 fully saturated rings. The van der Waals surface area contributed by atoms with Crippen molar-refractivity contribution in [3.05, 3.63) is 71.9 Å². The first kappa shape index (κ1) is 20.8. The van der Waals surface area contributed by atoms with Gasteiger partial charge in [-0.2, -0.15) is 5.10 Å². The summed E-state index contributed by atoms with van der Waals surface area (Å²) in [5, 5.41) is 6.73. The SMILES string of the molecule is CCOc1ccc(C(=O)CCC(=O)NNC(=O)c2cc(-c3ccccc3)n[nH]2)cc1. The second-order valence-electron chi connectivity index (χ2n) is 6.42. The molecule has 0 spiro atoms. The lowest BCUT2D eigenvalue weighted by atomic mass is 10.1. The number of ketones is 1. The summed E-state index contributed by atoms with van der Waals surface area (Å²) in [7, 11) is 0. The topological polar surface area (TPSA) is 113 Å². The van der Waals surface area contributed by atoms with Crippen molar-refractivity contribution < 1.29 is 19.1 Å². The average Bonchev–Trinajstić information content (AvgIpc) is 3.27. The molecule has 0 aliphatic carbocycles. The number of amides is 2. The van der Waals surface area contributed by atoms with Crippen LogP contribution >= 0.6 is 0 Å². The first-order valence-corrected chi connectivity index (χ1v) is 9.53. The number of Topliss-reactive ketones (excluding diaryl/α,β-unsaturated/α-hetero) is 1. The Morgan fingerprint density at radius 2 is 1.70 bits per heavy atom. The van der Waals surface area contributed by atoms with Crippen LogP contribution in [0.2, 0.25) is 0 Å². The summed E-state index contributed by atoms with van der Waals surface area (Å²) in [5.74, 6) is -0.481. The van der Waals surface area contributed by atoms with Crippen LogP contribution in [0.1, 0.15) is 40.6 Å². The monoisotopic (exact) mass is 406 g/mol. The molecule has 0 saturated carbocycles. The number of carbonyl (C=O) groups is 3. The fourth-order valence-electron chi connectivity index (χ4n) is 2.73. The molecule has 0 bridgehead atoms. The molecule has 0 saturated heterocycles. The Morgan fingerprint density at radius 1 is 0.967 bits per heavy atom. The van der Waals surface area contributed by atoms with Crippen LogP contribution in [0, 0.1) is 0 Å². The van der Waals surface area contributed by atoms with Crippen molar-refractivity contribution in [2.75, 3.05) is 6.61 Å². The highest BCUT2D eigenvalue weighted by molar-refractivity contribution is 5.98. The number of benzene rings is 2. The third kappa shape index (κ3) is 5.54. The van der Waals surface area contributed by atoms with Gasteiger partial charge in [0.05, 0.1) is 12.3 Å². The van der Waals surface area contributed by atoms with Crippen molar-refractivity contribution in [2.24, 2.45) is 0 Å². The van der Waals surface area contributed by atoms with Crippen LogP contribution in [0.5, 0.6) is 5.75 Å². The molecule has 0 radical (unpaired) electrons. The molecular formula is C22H22N4O4. The van der Waals surface area contributed by atoms with Crippen molar-refractivity contribution in [1.82, 2.24) is 21.0 Å². The molecule has 2 amide bonds. The van der Waals surface area contributed by atoms with Gasteiger partial charge in [0.25, 0.3) is 5.91 Å². The van der Waals surface area contributed by atoms with Gasteiger partial charge in [-0.05, 0) is 37.3 Å². The minimum atomic E-state index is -0.532. The first-order chi connectivity index (χ1) is 14.6. The smallest absolute Gasteiger partial charge is 0.287 e. The van der Waals surface area contributed by atoms with Crippen LogP contribution < -0.4 is 15.6 Å². The molecule has 8 nitrogen and oxygen atoms in total. The predicted molar refractivity (Wildman–Crippen MR) is 111 cm³/mol. The van der Waals surface area contributed by atoms with E-state index in [9.17, 15) is 14.4 Å². The Morgan fingerprint density at radius 3 is 2.40 bits per heavy atom. The standard InChI is InChI=1S/C22H22N4O4/c1-2-30-17-10-8-16(9-11-17)20(27)12-13-21(28)25-26-22(29)19-14-18(23-24-19)15-6-4-3-5-7-15/h3-11,14H,2,12-13H2,1H3,(H,23,24)(H,25,28)(H,26,29). The molecule has 8 heteroatoms. The van der Waals surface area contributed by atoms with Crippen LogP contribution in [0.3, 0.4) is 0 Å². The number of rotatable bonds is 8. The molecule has 2 aromatic carbocycles. The molecule has 0 aliphatic rings. The summed E-state index contributed by atoms with van der Waals surface area (Å²) in [6, 6.07) is 17.7. The van der Waals surface area contributed by atoms with Crippen molar-refractivity contribution >= 4 is 17.6 Å². The van der Waals surface area contributed by atoms with E-state index in [1.54, 1.807) is 30.3 Å². The van der Waals surface area contributed by atoms with E-state index < -0.39 is 11.8 Å². The first-order valence-electron chi connectivity index (χ1n) is 9.53. The van der Waals surface area contributed by atoms with Crippen molar-refractivity contribution in [2.45, 2.75) is 19.8 Å². The van der Waals surface area contributed by atoms with Crippen LogP contribution in [0.25, 0.3) is 11.3 Å². The minimum absolute atomic E-state index is 0.0257. The van der Waals surface area contributed by atoms with Crippen molar-refractivity contribution in [3.63, 3.8) is 0 Å². The Kier molecular flexibility index (Phi) is 6.94. The zero-order chi connectivity index (χ0) is 21.3. The maximum atomic E-state index is 12.2. The van der Waals surface area contributed by atoms with E-state index in [-0.39, 0.29) is 24.3 Å². The highest BCUT2D eigenvalue weighted by atomic mass is 16.5. The van der Waals surface area contributed by atoms with Crippen molar-refractivity contribution in [1.29, 1.82) is 0 Å². The summed E-state index contributed by atoms with van der Waals surface area (Å²) >= 11 is 0. The molecule has 3 aromatic rings. The second kappa shape index (κ2) is 10.0. The Balaban J connectivity index is 1.44. The van der Waals surface area contributed by atoms with E-state index in [0.29, 0.717) is 23.6 Å². The molecule has 0 aliphatic heterocycles. The zero-order valence-corrected chi connectivity index (χ0v) is 16.5. The number of carbonyl (C=O) groups excluding carboxylic acids is 3. The number of nitrogens with zero attached hydrogens (tertiary/aromatic N) is 1. The van der Waals surface area contributed by atoms with Gasteiger partial charge in [-0.1, -0.05) is 30.3 Å². The third-order valence-electron chi connectivity index (χ3n) is 4.27. The van der Waals surface area contributed by atoms with E-state index in [2.05, 4.69) is 21.0 Å². The zero-order valence-electron chi connectivity index (χ0n) is 16.5. The minimum Gasteiger partial charge on any atom is -0.494 e. The fraction of sp³-hybridized carbons (Fsp3) is 0.182.